The van der Waals surface area contributed by atoms with Gasteiger partial charge in [0, 0.05) is 37.2 Å². The van der Waals surface area contributed by atoms with Crippen LogP contribution in [0.4, 0.5) is 17.1 Å². The van der Waals surface area contributed by atoms with E-state index in [1.807, 2.05) is 11.3 Å². The second-order valence-electron chi connectivity index (χ2n) is 17.0. The molecule has 0 saturated heterocycles. The summed E-state index contributed by atoms with van der Waals surface area (Å²) in [5, 5.41) is 5.16. The lowest BCUT2D eigenvalue weighted by molar-refractivity contribution is 1.28. The third-order valence-electron chi connectivity index (χ3n) is 12.9. The Balaban J connectivity index is 0.857. The first-order chi connectivity index (χ1) is 32.7. The van der Waals surface area contributed by atoms with E-state index in [2.05, 4.69) is 266 Å². The van der Waals surface area contributed by atoms with Crippen molar-refractivity contribution < 1.29 is 0 Å². The topological polar surface area (TPSA) is 3.24 Å². The van der Waals surface area contributed by atoms with E-state index in [0.717, 1.165) is 17.1 Å². The first-order valence-corrected chi connectivity index (χ1v) is 23.4. The van der Waals surface area contributed by atoms with Crippen LogP contribution < -0.4 is 4.90 Å². The number of fused-ring (bicyclic) bond motifs is 4. The Kier molecular flexibility index (Phi) is 10.1. The normalized spacial score (nSPS) is 11.3. The monoisotopic (exact) mass is 857 g/mol. The van der Waals surface area contributed by atoms with Crippen molar-refractivity contribution in [2.24, 2.45) is 0 Å². The van der Waals surface area contributed by atoms with Crippen LogP contribution in [0.25, 0.3) is 97.7 Å². The van der Waals surface area contributed by atoms with Crippen molar-refractivity contribution in [2.45, 2.75) is 0 Å². The number of thiophene rings is 1. The summed E-state index contributed by atoms with van der Waals surface area (Å²) >= 11 is 1.86. The van der Waals surface area contributed by atoms with E-state index in [0.29, 0.717) is 0 Å². The third-order valence-corrected chi connectivity index (χ3v) is 14.0. The van der Waals surface area contributed by atoms with E-state index in [4.69, 9.17) is 0 Å². The lowest BCUT2D eigenvalue weighted by Gasteiger charge is -2.26. The van der Waals surface area contributed by atoms with E-state index in [9.17, 15) is 0 Å². The molecule has 0 unspecified atom stereocenters. The highest BCUT2D eigenvalue weighted by molar-refractivity contribution is 7.25. The zero-order valence-electron chi connectivity index (χ0n) is 36.2. The van der Waals surface area contributed by atoms with Gasteiger partial charge in [0.05, 0.1) is 0 Å². The van der Waals surface area contributed by atoms with Crippen LogP contribution in [0.1, 0.15) is 0 Å². The highest BCUT2D eigenvalue weighted by Crippen LogP contribution is 2.41. The highest BCUT2D eigenvalue weighted by atomic mass is 32.1. The molecule has 0 aliphatic rings. The van der Waals surface area contributed by atoms with Gasteiger partial charge in [-0.3, -0.25) is 0 Å². The van der Waals surface area contributed by atoms with E-state index in [1.54, 1.807) is 0 Å². The van der Waals surface area contributed by atoms with Crippen molar-refractivity contribution in [3.05, 3.63) is 261 Å². The van der Waals surface area contributed by atoms with Crippen LogP contribution in [0.5, 0.6) is 0 Å². The quantitative estimate of drug-likeness (QED) is 0.140. The molecule has 12 rings (SSSR count). The van der Waals surface area contributed by atoms with Gasteiger partial charge in [0.25, 0.3) is 0 Å². The SMILES string of the molecule is c1ccc(-c2ccc(-c3cccc(N(c4ccc(-c5ccc(-c6cccc(-c7ccc8ccccc8c7)c6)cc5)cc4)c4ccc(-c5ccc6c(c5)sc5ccccc56)cc4)c3)cc2)cc1. The minimum Gasteiger partial charge on any atom is -0.310 e. The van der Waals surface area contributed by atoms with Crippen LogP contribution >= 0.6 is 11.3 Å². The maximum Gasteiger partial charge on any atom is 0.0467 e. The molecule has 0 fully saturated rings. The number of hydrogen-bond donors (Lipinski definition) is 0. The van der Waals surface area contributed by atoms with Crippen LogP contribution in [-0.2, 0) is 0 Å². The van der Waals surface area contributed by atoms with E-state index < -0.39 is 0 Å². The van der Waals surface area contributed by atoms with Crippen molar-refractivity contribution in [3.63, 3.8) is 0 Å². The number of rotatable bonds is 9. The summed E-state index contributed by atoms with van der Waals surface area (Å²) in [6.45, 7) is 0. The van der Waals surface area contributed by atoms with Gasteiger partial charge in [0.1, 0.15) is 0 Å². The van der Waals surface area contributed by atoms with E-state index >= 15 is 0 Å². The third kappa shape index (κ3) is 7.64. The number of benzene rings is 11. The summed E-state index contributed by atoms with van der Waals surface area (Å²) in [7, 11) is 0. The molecule has 0 bridgehead atoms. The highest BCUT2D eigenvalue weighted by Gasteiger charge is 2.16. The average Bonchev–Trinajstić information content (AvgIpc) is 3.78. The van der Waals surface area contributed by atoms with Gasteiger partial charge in [-0.1, -0.05) is 200 Å². The molecular formula is C64H43NS. The van der Waals surface area contributed by atoms with Gasteiger partial charge in [-0.25, -0.2) is 0 Å². The Morgan fingerprint density at radius 2 is 0.621 bits per heavy atom. The van der Waals surface area contributed by atoms with Crippen LogP contribution in [0, 0.1) is 0 Å². The predicted octanol–water partition coefficient (Wildman–Crippen LogP) is 18.7. The van der Waals surface area contributed by atoms with Gasteiger partial charge in [0.15, 0.2) is 0 Å². The Morgan fingerprint density at radius 1 is 0.212 bits per heavy atom. The summed E-state index contributed by atoms with van der Waals surface area (Å²) in [4.78, 5) is 2.37. The molecule has 0 radical (unpaired) electrons. The molecule has 66 heavy (non-hydrogen) atoms. The van der Waals surface area contributed by atoms with Crippen LogP contribution in [0.3, 0.4) is 0 Å². The van der Waals surface area contributed by atoms with Crippen molar-refractivity contribution in [3.8, 4) is 66.8 Å². The molecule has 310 valence electrons. The predicted molar refractivity (Wildman–Crippen MR) is 284 cm³/mol. The Morgan fingerprint density at radius 3 is 1.27 bits per heavy atom. The maximum atomic E-state index is 2.37. The molecule has 0 spiro atoms. The molecular weight excluding hydrogens is 815 g/mol. The lowest BCUT2D eigenvalue weighted by atomic mass is 9.96. The van der Waals surface area contributed by atoms with Gasteiger partial charge in [-0.2, -0.15) is 0 Å². The fraction of sp³-hybridized carbons (Fsp3) is 0. The molecule has 0 N–H and O–H groups in total. The van der Waals surface area contributed by atoms with Crippen molar-refractivity contribution >= 4 is 59.3 Å². The van der Waals surface area contributed by atoms with E-state index in [1.165, 1.54) is 97.7 Å². The van der Waals surface area contributed by atoms with Crippen molar-refractivity contribution in [1.82, 2.24) is 0 Å². The second kappa shape index (κ2) is 17.0. The molecule has 2 heteroatoms. The van der Waals surface area contributed by atoms with Crippen molar-refractivity contribution in [1.29, 1.82) is 0 Å². The summed E-state index contributed by atoms with van der Waals surface area (Å²) in [6.07, 6.45) is 0. The Labute approximate surface area is 389 Å². The first-order valence-electron chi connectivity index (χ1n) is 22.5. The van der Waals surface area contributed by atoms with Gasteiger partial charge in [-0.15, -0.1) is 11.3 Å². The molecule has 11 aromatic carbocycles. The van der Waals surface area contributed by atoms with Crippen molar-refractivity contribution in [2.75, 3.05) is 4.90 Å². The number of nitrogens with zero attached hydrogens (tertiary/aromatic N) is 1. The first kappa shape index (κ1) is 39.3. The van der Waals surface area contributed by atoms with Crippen LogP contribution in [0.2, 0.25) is 0 Å². The smallest absolute Gasteiger partial charge is 0.0467 e. The number of anilines is 3. The molecule has 0 aliphatic carbocycles. The lowest BCUT2D eigenvalue weighted by Crippen LogP contribution is -2.10. The standard InChI is InChI=1S/C64H43NS/c1-2-10-44(11-3-1)46-20-26-50(27-21-46)55-16-9-17-60(42-55)65(59-37-32-51(33-38-59)57-34-39-62-61-18-6-7-19-63(61)66-64(62)43-57)58-35-30-48(31-36-58)47-22-24-49(25-23-47)53-14-8-15-54(40-53)56-29-28-45-12-4-5-13-52(45)41-56/h1-43H. The van der Waals surface area contributed by atoms with Gasteiger partial charge < -0.3 is 4.90 Å². The summed E-state index contributed by atoms with van der Waals surface area (Å²) in [6, 6.07) is 95.1. The summed E-state index contributed by atoms with van der Waals surface area (Å²) in [5.74, 6) is 0. The van der Waals surface area contributed by atoms with Gasteiger partial charge in [-0.05, 0) is 138 Å². The van der Waals surface area contributed by atoms with E-state index in [-0.39, 0.29) is 0 Å². The molecule has 12 aromatic rings. The second-order valence-corrected chi connectivity index (χ2v) is 18.0. The largest absolute Gasteiger partial charge is 0.310 e. The van der Waals surface area contributed by atoms with Gasteiger partial charge in [0.2, 0.25) is 0 Å². The maximum absolute atomic E-state index is 2.37. The number of hydrogen-bond acceptors (Lipinski definition) is 2. The Bertz CT molecular complexity index is 3660. The Hall–Kier alpha value is -8.30. The summed E-state index contributed by atoms with van der Waals surface area (Å²) in [5.41, 5.74) is 17.7. The summed E-state index contributed by atoms with van der Waals surface area (Å²) < 4.78 is 2.64. The molecule has 0 aliphatic heterocycles. The fourth-order valence-electron chi connectivity index (χ4n) is 9.37. The minimum absolute atomic E-state index is 1.09. The zero-order chi connectivity index (χ0) is 43.8. The molecule has 0 saturated carbocycles. The fourth-order valence-corrected chi connectivity index (χ4v) is 10.5. The average molecular weight is 858 g/mol. The molecule has 1 nitrogen and oxygen atoms in total. The minimum atomic E-state index is 1.09. The molecule has 1 aromatic heterocycles. The van der Waals surface area contributed by atoms with Gasteiger partial charge >= 0.3 is 0 Å². The van der Waals surface area contributed by atoms with Crippen LogP contribution in [-0.4, -0.2) is 0 Å². The zero-order valence-corrected chi connectivity index (χ0v) is 37.0. The molecule has 0 amide bonds. The van der Waals surface area contributed by atoms with Crippen LogP contribution in [0.15, 0.2) is 261 Å². The molecule has 0 atom stereocenters. The molecule has 1 heterocycles.